The second-order valence-corrected chi connectivity index (χ2v) is 6.42. The molecule has 0 aromatic rings. The van der Waals surface area contributed by atoms with Gasteiger partial charge in [0.05, 0.1) is 5.75 Å². The quantitative estimate of drug-likeness (QED) is 0.718. The molecule has 1 aliphatic rings. The van der Waals surface area contributed by atoms with Crippen molar-refractivity contribution in [2.75, 3.05) is 25.4 Å². The summed E-state index contributed by atoms with van der Waals surface area (Å²) in [6.07, 6.45) is 3.08. The van der Waals surface area contributed by atoms with Crippen molar-refractivity contribution < 1.29 is 13.5 Å². The Hall–Kier alpha value is -0.130. The summed E-state index contributed by atoms with van der Waals surface area (Å²) in [6.45, 7) is 3.58. The Balaban J connectivity index is 2.40. The minimum atomic E-state index is -3.06. The van der Waals surface area contributed by atoms with Gasteiger partial charge in [0.1, 0.15) is 0 Å². The first-order chi connectivity index (χ1) is 7.06. The van der Waals surface area contributed by atoms with Crippen LogP contribution in [0.4, 0.5) is 0 Å². The minimum Gasteiger partial charge on any atom is -0.396 e. The fraction of sp³-hybridized carbons (Fsp3) is 1.00. The summed E-state index contributed by atoms with van der Waals surface area (Å²) < 4.78 is 25.2. The number of hydrogen-bond donors (Lipinski definition) is 1. The number of sulfonamides is 1. The van der Waals surface area contributed by atoms with Crippen LogP contribution in [0.2, 0.25) is 0 Å². The van der Waals surface area contributed by atoms with Crippen molar-refractivity contribution in [3.63, 3.8) is 0 Å². The third-order valence-corrected chi connectivity index (χ3v) is 4.90. The van der Waals surface area contributed by atoms with Crippen LogP contribution in [0.3, 0.4) is 0 Å². The van der Waals surface area contributed by atoms with Crippen molar-refractivity contribution in [1.82, 2.24) is 4.31 Å². The van der Waals surface area contributed by atoms with Crippen molar-refractivity contribution in [3.05, 3.63) is 0 Å². The molecule has 15 heavy (non-hydrogen) atoms. The third kappa shape index (κ3) is 4.09. The Morgan fingerprint density at radius 2 is 1.87 bits per heavy atom. The maximum atomic E-state index is 11.8. The van der Waals surface area contributed by atoms with E-state index in [-0.39, 0.29) is 12.4 Å². The van der Waals surface area contributed by atoms with E-state index in [1.807, 2.05) is 0 Å². The van der Waals surface area contributed by atoms with Crippen LogP contribution in [0.25, 0.3) is 0 Å². The summed E-state index contributed by atoms with van der Waals surface area (Å²) in [4.78, 5) is 0. The van der Waals surface area contributed by atoms with Crippen LogP contribution >= 0.6 is 0 Å². The first-order valence-corrected chi connectivity index (χ1v) is 7.26. The average Bonchev–Trinajstić information content (AvgIpc) is 2.18. The molecule has 0 unspecified atom stereocenters. The van der Waals surface area contributed by atoms with Gasteiger partial charge in [-0.15, -0.1) is 0 Å². The average molecular weight is 235 g/mol. The van der Waals surface area contributed by atoms with Gasteiger partial charge in [-0.1, -0.05) is 6.92 Å². The highest BCUT2D eigenvalue weighted by atomic mass is 32.2. The highest BCUT2D eigenvalue weighted by molar-refractivity contribution is 7.89. The van der Waals surface area contributed by atoms with Crippen molar-refractivity contribution >= 4 is 10.0 Å². The predicted octanol–water partition coefficient (Wildman–Crippen LogP) is 0.821. The van der Waals surface area contributed by atoms with Gasteiger partial charge >= 0.3 is 0 Å². The maximum absolute atomic E-state index is 11.8. The van der Waals surface area contributed by atoms with E-state index < -0.39 is 10.0 Å². The monoisotopic (exact) mass is 235 g/mol. The zero-order chi connectivity index (χ0) is 11.3. The Morgan fingerprint density at radius 3 is 2.40 bits per heavy atom. The second kappa shape index (κ2) is 5.82. The van der Waals surface area contributed by atoms with Crippen molar-refractivity contribution in [2.45, 2.75) is 32.6 Å². The molecular weight excluding hydrogens is 214 g/mol. The number of aliphatic hydroxyl groups excluding tert-OH is 1. The Kier molecular flexibility index (Phi) is 5.02. The van der Waals surface area contributed by atoms with Gasteiger partial charge in [-0.25, -0.2) is 12.7 Å². The molecule has 0 spiro atoms. The fourth-order valence-electron chi connectivity index (χ4n) is 1.79. The summed E-state index contributed by atoms with van der Waals surface area (Å²) in [5.74, 6) is 0.830. The van der Waals surface area contributed by atoms with Crippen LogP contribution in [0, 0.1) is 5.92 Å². The molecule has 1 aliphatic heterocycles. The van der Waals surface area contributed by atoms with Crippen LogP contribution in [0.1, 0.15) is 32.6 Å². The van der Waals surface area contributed by atoms with Gasteiger partial charge in [-0.05, 0) is 31.6 Å². The lowest BCUT2D eigenvalue weighted by Gasteiger charge is -2.29. The Morgan fingerprint density at radius 1 is 1.27 bits per heavy atom. The maximum Gasteiger partial charge on any atom is 0.214 e. The van der Waals surface area contributed by atoms with E-state index in [2.05, 4.69) is 6.92 Å². The van der Waals surface area contributed by atoms with E-state index in [0.717, 1.165) is 12.8 Å². The zero-order valence-corrected chi connectivity index (χ0v) is 10.2. The summed E-state index contributed by atoms with van der Waals surface area (Å²) in [5, 5.41) is 8.60. The zero-order valence-electron chi connectivity index (χ0n) is 9.35. The lowest BCUT2D eigenvalue weighted by molar-refractivity contribution is 0.281. The molecule has 0 aromatic carbocycles. The Bertz CT molecular complexity index is 268. The van der Waals surface area contributed by atoms with Crippen LogP contribution in [0.15, 0.2) is 0 Å². The van der Waals surface area contributed by atoms with E-state index >= 15 is 0 Å². The van der Waals surface area contributed by atoms with E-state index in [0.29, 0.717) is 31.8 Å². The van der Waals surface area contributed by atoms with Gasteiger partial charge in [0, 0.05) is 19.7 Å². The Labute approximate surface area is 92.3 Å². The number of nitrogens with zero attached hydrogens (tertiary/aromatic N) is 1. The first kappa shape index (κ1) is 12.9. The summed E-state index contributed by atoms with van der Waals surface area (Å²) in [6, 6.07) is 0. The van der Waals surface area contributed by atoms with Crippen LogP contribution in [-0.2, 0) is 10.0 Å². The van der Waals surface area contributed by atoms with E-state index in [1.54, 1.807) is 4.31 Å². The summed E-state index contributed by atoms with van der Waals surface area (Å²) >= 11 is 0. The largest absolute Gasteiger partial charge is 0.396 e. The van der Waals surface area contributed by atoms with Gasteiger partial charge in [0.25, 0.3) is 0 Å². The lowest BCUT2D eigenvalue weighted by Crippen LogP contribution is -2.39. The molecule has 1 rings (SSSR count). The van der Waals surface area contributed by atoms with Crippen molar-refractivity contribution in [3.8, 4) is 0 Å². The smallest absolute Gasteiger partial charge is 0.214 e. The van der Waals surface area contributed by atoms with Gasteiger partial charge in [-0.3, -0.25) is 0 Å². The fourth-order valence-corrected chi connectivity index (χ4v) is 3.38. The topological polar surface area (TPSA) is 57.6 Å². The molecule has 4 nitrogen and oxygen atoms in total. The van der Waals surface area contributed by atoms with Crippen molar-refractivity contribution in [2.24, 2.45) is 5.92 Å². The molecule has 1 N–H and O–H groups in total. The van der Waals surface area contributed by atoms with E-state index in [9.17, 15) is 8.42 Å². The molecule has 0 bridgehead atoms. The molecule has 0 aliphatic carbocycles. The molecule has 90 valence electrons. The predicted molar refractivity (Wildman–Crippen MR) is 60.1 cm³/mol. The number of piperidine rings is 1. The van der Waals surface area contributed by atoms with E-state index in [1.165, 1.54) is 0 Å². The molecule has 0 aromatic heterocycles. The number of hydrogen-bond acceptors (Lipinski definition) is 3. The van der Waals surface area contributed by atoms with Gasteiger partial charge in [0.15, 0.2) is 0 Å². The molecule has 0 atom stereocenters. The van der Waals surface area contributed by atoms with Gasteiger partial charge < -0.3 is 5.11 Å². The van der Waals surface area contributed by atoms with Gasteiger partial charge in [-0.2, -0.15) is 0 Å². The van der Waals surface area contributed by atoms with Crippen molar-refractivity contribution in [1.29, 1.82) is 0 Å². The van der Waals surface area contributed by atoms with Crippen LogP contribution in [-0.4, -0.2) is 43.3 Å². The SMILES string of the molecule is CC1CCN(S(=O)(=O)CCCCO)CC1. The minimum absolute atomic E-state index is 0.0759. The summed E-state index contributed by atoms with van der Waals surface area (Å²) in [7, 11) is -3.06. The number of rotatable bonds is 5. The van der Waals surface area contributed by atoms with Gasteiger partial charge in [0.2, 0.25) is 10.0 Å². The molecule has 5 heteroatoms. The highest BCUT2D eigenvalue weighted by Crippen LogP contribution is 2.19. The first-order valence-electron chi connectivity index (χ1n) is 5.65. The lowest BCUT2D eigenvalue weighted by atomic mass is 10.0. The molecule has 1 fully saturated rings. The van der Waals surface area contributed by atoms with Crippen LogP contribution in [0.5, 0.6) is 0 Å². The molecule has 1 saturated heterocycles. The number of unbranched alkanes of at least 4 members (excludes halogenated alkanes) is 1. The third-order valence-electron chi connectivity index (χ3n) is 2.95. The molecule has 0 saturated carbocycles. The normalized spacial score (nSPS) is 20.7. The molecule has 0 amide bonds. The van der Waals surface area contributed by atoms with Crippen LogP contribution < -0.4 is 0 Å². The number of aliphatic hydroxyl groups is 1. The molecular formula is C10H21NO3S. The standard InChI is InChI=1S/C10H21NO3S/c1-10-4-6-11(7-5-10)15(13,14)9-3-2-8-12/h10,12H,2-9H2,1H3. The second-order valence-electron chi connectivity index (χ2n) is 4.33. The summed E-state index contributed by atoms with van der Waals surface area (Å²) in [5.41, 5.74) is 0. The van der Waals surface area contributed by atoms with E-state index in [4.69, 9.17) is 5.11 Å². The molecule has 0 radical (unpaired) electrons. The molecule has 1 heterocycles. The highest BCUT2D eigenvalue weighted by Gasteiger charge is 2.25.